The number of pyridine rings is 2. The van der Waals surface area contributed by atoms with Crippen LogP contribution in [0.4, 0.5) is 16.2 Å². The van der Waals surface area contributed by atoms with Crippen LogP contribution in [0.1, 0.15) is 65.4 Å². The molecule has 2 saturated carbocycles. The number of amides is 3. The number of benzene rings is 1. The van der Waals surface area contributed by atoms with E-state index in [2.05, 4.69) is 45.3 Å². The van der Waals surface area contributed by atoms with E-state index < -0.39 is 0 Å². The molecule has 2 aliphatic carbocycles. The molecule has 10 nitrogen and oxygen atoms in total. The van der Waals surface area contributed by atoms with Gasteiger partial charge in [0.1, 0.15) is 12.4 Å². The van der Waals surface area contributed by atoms with Gasteiger partial charge in [0.2, 0.25) is 5.91 Å². The lowest BCUT2D eigenvalue weighted by atomic mass is 10.1. The van der Waals surface area contributed by atoms with Crippen molar-refractivity contribution in [3.63, 3.8) is 0 Å². The number of imide groups is 1. The van der Waals surface area contributed by atoms with E-state index in [1.54, 1.807) is 4.90 Å². The van der Waals surface area contributed by atoms with Crippen molar-refractivity contribution in [1.29, 1.82) is 0 Å². The smallest absolute Gasteiger partial charge is 0.331 e. The highest BCUT2D eigenvalue weighted by Crippen LogP contribution is 2.53. The first-order valence-corrected chi connectivity index (χ1v) is 14.8. The minimum Gasteiger partial charge on any atom is -0.367 e. The van der Waals surface area contributed by atoms with Gasteiger partial charge in [-0.15, -0.1) is 0 Å². The van der Waals surface area contributed by atoms with E-state index in [1.807, 2.05) is 49.1 Å². The van der Waals surface area contributed by atoms with E-state index in [4.69, 9.17) is 9.97 Å². The molecule has 43 heavy (non-hydrogen) atoms. The topological polar surface area (TPSA) is 99.8 Å². The first-order chi connectivity index (χ1) is 20.8. The molecular weight excluding hydrogens is 540 g/mol. The van der Waals surface area contributed by atoms with E-state index in [1.165, 1.54) is 23.1 Å². The summed E-state index contributed by atoms with van der Waals surface area (Å²) >= 11 is 0. The van der Waals surface area contributed by atoms with Crippen LogP contribution in [0, 0.1) is 6.92 Å². The molecule has 0 spiro atoms. The van der Waals surface area contributed by atoms with Gasteiger partial charge in [0, 0.05) is 49.7 Å². The quantitative estimate of drug-likeness (QED) is 0.248. The number of imidazole rings is 1. The Balaban J connectivity index is 1.06. The van der Waals surface area contributed by atoms with Crippen LogP contribution in [-0.2, 0) is 11.3 Å². The highest BCUT2D eigenvalue weighted by molar-refractivity contribution is 6.13. The second kappa shape index (κ2) is 9.58. The molecule has 2 atom stereocenters. The third-order valence-electron chi connectivity index (χ3n) is 9.02. The molecule has 0 unspecified atom stereocenters. The number of likely N-dealkylation sites (N-methyl/N-ethyl adjacent to an activating group) is 1. The molecule has 0 radical (unpaired) electrons. The van der Waals surface area contributed by atoms with Crippen LogP contribution >= 0.6 is 0 Å². The summed E-state index contributed by atoms with van der Waals surface area (Å²) in [5.74, 6) is 2.01. The van der Waals surface area contributed by atoms with E-state index in [0.717, 1.165) is 53.1 Å². The van der Waals surface area contributed by atoms with Crippen LogP contribution in [0.15, 0.2) is 61.2 Å². The number of aryl methyl sites for hydroxylation is 1. The summed E-state index contributed by atoms with van der Waals surface area (Å²) in [5.41, 5.74) is 7.68. The van der Waals surface area contributed by atoms with Gasteiger partial charge in [0.05, 0.1) is 35.3 Å². The molecule has 1 aromatic carbocycles. The van der Waals surface area contributed by atoms with E-state index in [9.17, 15) is 9.59 Å². The number of carbonyl (C=O) groups excluding carboxylic acids is 2. The monoisotopic (exact) mass is 572 g/mol. The number of aromatic nitrogens is 5. The number of nitrogens with zero attached hydrogens (tertiary/aromatic N) is 8. The Morgan fingerprint density at radius 1 is 0.977 bits per heavy atom. The summed E-state index contributed by atoms with van der Waals surface area (Å²) in [5, 5.41) is 1.10. The number of hydrogen-bond acceptors (Lipinski definition) is 7. The Bertz CT molecular complexity index is 1950. The van der Waals surface area contributed by atoms with E-state index in [0.29, 0.717) is 35.6 Å². The van der Waals surface area contributed by atoms with Gasteiger partial charge < -0.3 is 9.30 Å². The minimum atomic E-state index is -0.313. The van der Waals surface area contributed by atoms with E-state index in [-0.39, 0.29) is 18.5 Å². The molecule has 5 aromatic rings. The Labute approximate surface area is 249 Å². The summed E-state index contributed by atoms with van der Waals surface area (Å²) in [7, 11) is 3.57. The van der Waals surface area contributed by atoms with Gasteiger partial charge in [-0.2, -0.15) is 0 Å². The predicted octanol–water partition coefficient (Wildman–Crippen LogP) is 5.16. The van der Waals surface area contributed by atoms with E-state index >= 15 is 0 Å². The number of anilines is 2. The zero-order chi connectivity index (χ0) is 29.4. The highest BCUT2D eigenvalue weighted by atomic mass is 16.2. The largest absolute Gasteiger partial charge is 0.367 e. The molecule has 1 aliphatic heterocycles. The zero-order valence-corrected chi connectivity index (χ0v) is 24.4. The van der Waals surface area contributed by atoms with Gasteiger partial charge in [0.25, 0.3) is 0 Å². The summed E-state index contributed by atoms with van der Waals surface area (Å²) in [6.07, 6.45) is 11.2. The SMILES string of the molecule is Cc1ccnc([C@H]2C[C@@H]2c2ccc3ncc(N(C)Cc4cn5cc(C6CC6)cc(N6CC(=O)N(C)C6=O)c5n4)cc3c2)n1. The van der Waals surface area contributed by atoms with Gasteiger partial charge in [-0.1, -0.05) is 6.07 Å². The maximum atomic E-state index is 12.9. The number of urea groups is 1. The second-order valence-corrected chi connectivity index (χ2v) is 12.2. The summed E-state index contributed by atoms with van der Waals surface area (Å²) in [4.78, 5) is 48.9. The van der Waals surface area contributed by atoms with Crippen LogP contribution in [0.2, 0.25) is 0 Å². The van der Waals surface area contributed by atoms with Gasteiger partial charge >= 0.3 is 6.03 Å². The third kappa shape index (κ3) is 4.57. The molecule has 3 aliphatic rings. The average Bonchev–Trinajstić information content (AvgIpc) is 3.93. The lowest BCUT2D eigenvalue weighted by Crippen LogP contribution is -2.30. The summed E-state index contributed by atoms with van der Waals surface area (Å²) in [6, 6.07) is 12.4. The molecule has 5 heterocycles. The number of carbonyl (C=O) groups is 2. The van der Waals surface area contributed by atoms with Gasteiger partial charge in [0.15, 0.2) is 5.65 Å². The van der Waals surface area contributed by atoms with Crippen LogP contribution in [-0.4, -0.2) is 61.8 Å². The normalized spacial score (nSPS) is 20.1. The van der Waals surface area contributed by atoms with Gasteiger partial charge in [-0.05, 0) is 79.5 Å². The maximum Gasteiger partial charge on any atom is 0.331 e. The number of fused-ring (bicyclic) bond motifs is 2. The zero-order valence-electron chi connectivity index (χ0n) is 24.4. The molecule has 0 bridgehead atoms. The van der Waals surface area contributed by atoms with Crippen molar-refractivity contribution in [2.24, 2.45) is 0 Å². The lowest BCUT2D eigenvalue weighted by molar-refractivity contribution is -0.123. The van der Waals surface area contributed by atoms with Crippen LogP contribution in [0.25, 0.3) is 16.6 Å². The summed E-state index contributed by atoms with van der Waals surface area (Å²) < 4.78 is 2.01. The fourth-order valence-electron chi connectivity index (χ4n) is 6.26. The van der Waals surface area contributed by atoms with Crippen molar-refractivity contribution in [3.8, 4) is 0 Å². The van der Waals surface area contributed by atoms with Crippen molar-refractivity contribution < 1.29 is 9.59 Å². The average molecular weight is 573 g/mol. The Hall–Kier alpha value is -4.86. The maximum absolute atomic E-state index is 12.9. The fraction of sp³-hybridized carbons (Fsp3) is 0.333. The molecule has 10 heteroatoms. The summed E-state index contributed by atoms with van der Waals surface area (Å²) in [6.45, 7) is 2.61. The third-order valence-corrected chi connectivity index (χ3v) is 9.02. The minimum absolute atomic E-state index is 0.0333. The predicted molar refractivity (Wildman–Crippen MR) is 163 cm³/mol. The molecule has 0 N–H and O–H groups in total. The molecular formula is C33H32N8O2. The molecule has 3 fully saturated rings. The van der Waals surface area contributed by atoms with Crippen molar-refractivity contribution in [3.05, 3.63) is 89.5 Å². The molecule has 8 rings (SSSR count). The number of rotatable bonds is 7. The Morgan fingerprint density at radius 3 is 2.60 bits per heavy atom. The van der Waals surface area contributed by atoms with Gasteiger partial charge in [-0.3, -0.25) is 19.6 Å². The molecule has 216 valence electrons. The van der Waals surface area contributed by atoms with Crippen molar-refractivity contribution >= 4 is 39.9 Å². The molecule has 3 amide bonds. The molecule has 1 saturated heterocycles. The van der Waals surface area contributed by atoms with Crippen molar-refractivity contribution in [2.45, 2.75) is 50.5 Å². The van der Waals surface area contributed by atoms with Crippen LogP contribution in [0.5, 0.6) is 0 Å². The van der Waals surface area contributed by atoms with Gasteiger partial charge in [-0.25, -0.2) is 19.7 Å². The first kappa shape index (κ1) is 25.8. The first-order valence-electron chi connectivity index (χ1n) is 14.8. The standard InChI is InChI=1S/C33H32N8O2/c1-19-8-9-34-31(36-19)27-13-26(27)21-6-7-28-22(10-21)11-25(14-35-28)38(2)16-24-17-40-15-23(20-4-5-20)12-29(32(40)37-24)41-18-30(42)39(3)33(41)43/h6-12,14-15,17,20,26-27H,4-5,13,16,18H2,1-3H3/t26-,27+/m1/s1. The van der Waals surface area contributed by atoms with Crippen LogP contribution < -0.4 is 9.80 Å². The van der Waals surface area contributed by atoms with Crippen molar-refractivity contribution in [2.75, 3.05) is 30.4 Å². The Kier molecular flexibility index (Phi) is 5.76. The fourth-order valence-corrected chi connectivity index (χ4v) is 6.26. The van der Waals surface area contributed by atoms with Crippen molar-refractivity contribution in [1.82, 2.24) is 29.2 Å². The highest BCUT2D eigenvalue weighted by Gasteiger charge is 2.42. The molecule has 4 aromatic heterocycles. The van der Waals surface area contributed by atoms with Crippen LogP contribution in [0.3, 0.4) is 0 Å². The number of hydrogen-bond donors (Lipinski definition) is 0. The lowest BCUT2D eigenvalue weighted by Gasteiger charge is -2.18. The Morgan fingerprint density at radius 2 is 1.84 bits per heavy atom. The second-order valence-electron chi connectivity index (χ2n) is 12.2.